The number of carbonyl (C=O) groups excluding carboxylic acids is 2. The number of ether oxygens (including phenoxy) is 3. The molecular formula is C24H20Cl2O5. The Morgan fingerprint density at radius 3 is 2.03 bits per heavy atom. The van der Waals surface area contributed by atoms with E-state index in [4.69, 9.17) is 37.4 Å². The summed E-state index contributed by atoms with van der Waals surface area (Å²) in [5, 5.41) is 0.645. The quantitative estimate of drug-likeness (QED) is 0.216. The van der Waals surface area contributed by atoms with Gasteiger partial charge in [0.2, 0.25) is 0 Å². The van der Waals surface area contributed by atoms with Crippen LogP contribution in [-0.4, -0.2) is 18.5 Å². The smallest absolute Gasteiger partial charge is 0.343 e. The van der Waals surface area contributed by atoms with Crippen molar-refractivity contribution in [2.24, 2.45) is 0 Å². The minimum atomic E-state index is -0.597. The topological polar surface area (TPSA) is 61.8 Å². The number of hydrogen-bond acceptors (Lipinski definition) is 5. The van der Waals surface area contributed by atoms with E-state index in [1.807, 2.05) is 0 Å². The van der Waals surface area contributed by atoms with Gasteiger partial charge in [-0.2, -0.15) is 0 Å². The van der Waals surface area contributed by atoms with Gasteiger partial charge < -0.3 is 14.2 Å². The Balaban J connectivity index is 1.62. The second kappa shape index (κ2) is 10.8. The first-order chi connectivity index (χ1) is 15.0. The maximum Gasteiger partial charge on any atom is 0.343 e. The van der Waals surface area contributed by atoms with Gasteiger partial charge in [0.15, 0.2) is 0 Å². The Bertz CT molecular complexity index is 1050. The molecule has 3 aromatic carbocycles. The zero-order valence-electron chi connectivity index (χ0n) is 16.8. The third-order valence-corrected chi connectivity index (χ3v) is 4.80. The lowest BCUT2D eigenvalue weighted by atomic mass is 10.2. The minimum absolute atomic E-state index is 0.110. The zero-order valence-corrected chi connectivity index (χ0v) is 18.3. The van der Waals surface area contributed by atoms with Crippen molar-refractivity contribution in [2.75, 3.05) is 6.61 Å². The van der Waals surface area contributed by atoms with Crippen LogP contribution >= 0.6 is 23.2 Å². The Hall–Kier alpha value is -3.02. The number of halogens is 2. The lowest BCUT2D eigenvalue weighted by Gasteiger charge is -2.09. The van der Waals surface area contributed by atoms with Gasteiger partial charge in [0.25, 0.3) is 0 Å². The van der Waals surface area contributed by atoms with Gasteiger partial charge in [-0.1, -0.05) is 36.5 Å². The number of benzene rings is 3. The van der Waals surface area contributed by atoms with Crippen molar-refractivity contribution < 1.29 is 23.8 Å². The highest BCUT2D eigenvalue weighted by Gasteiger charge is 2.15. The van der Waals surface area contributed by atoms with Gasteiger partial charge in [-0.3, -0.25) is 0 Å². The molecule has 3 rings (SSSR count). The molecule has 0 aliphatic heterocycles. The fourth-order valence-electron chi connectivity index (χ4n) is 2.56. The monoisotopic (exact) mass is 458 g/mol. The number of carbonyl (C=O) groups is 2. The van der Waals surface area contributed by atoms with Crippen molar-refractivity contribution >= 4 is 35.1 Å². The van der Waals surface area contributed by atoms with Gasteiger partial charge in [0.05, 0.1) is 22.8 Å². The van der Waals surface area contributed by atoms with Crippen LogP contribution in [0.5, 0.6) is 17.2 Å². The van der Waals surface area contributed by atoms with E-state index in [1.54, 1.807) is 48.5 Å². The van der Waals surface area contributed by atoms with Gasteiger partial charge in [0.1, 0.15) is 17.2 Å². The Labute approximate surface area is 190 Å². The summed E-state index contributed by atoms with van der Waals surface area (Å²) in [6.45, 7) is 2.71. The molecule has 0 N–H and O–H groups in total. The highest BCUT2D eigenvalue weighted by Crippen LogP contribution is 2.27. The number of rotatable bonds is 8. The SMILES string of the molecule is CCCCOc1ccc(C(=O)Oc2ccc(C(=O)Oc3ccc(Cl)cc3)cc2Cl)cc1. The van der Waals surface area contributed by atoms with Crippen molar-refractivity contribution in [1.29, 1.82) is 0 Å². The molecule has 0 amide bonds. The summed E-state index contributed by atoms with van der Waals surface area (Å²) in [4.78, 5) is 24.7. The summed E-state index contributed by atoms with van der Waals surface area (Å²) in [5.41, 5.74) is 0.568. The maximum absolute atomic E-state index is 12.4. The Morgan fingerprint density at radius 1 is 0.774 bits per heavy atom. The first-order valence-corrected chi connectivity index (χ1v) is 10.4. The van der Waals surface area contributed by atoms with E-state index >= 15 is 0 Å². The van der Waals surface area contributed by atoms with Crippen LogP contribution < -0.4 is 14.2 Å². The molecule has 5 nitrogen and oxygen atoms in total. The zero-order chi connectivity index (χ0) is 22.2. The van der Waals surface area contributed by atoms with Crippen LogP contribution in [0.2, 0.25) is 10.0 Å². The first kappa shape index (κ1) is 22.7. The summed E-state index contributed by atoms with van der Waals surface area (Å²) in [5.74, 6) is 0.00646. The summed E-state index contributed by atoms with van der Waals surface area (Å²) >= 11 is 12.0. The van der Waals surface area contributed by atoms with Crippen molar-refractivity contribution in [3.05, 3.63) is 87.9 Å². The molecular weight excluding hydrogens is 439 g/mol. The molecule has 0 aliphatic rings. The van der Waals surface area contributed by atoms with Gasteiger partial charge >= 0.3 is 11.9 Å². The van der Waals surface area contributed by atoms with Gasteiger partial charge in [-0.25, -0.2) is 9.59 Å². The van der Waals surface area contributed by atoms with E-state index in [0.717, 1.165) is 12.8 Å². The molecule has 0 unspecified atom stereocenters. The summed E-state index contributed by atoms with van der Waals surface area (Å²) in [7, 11) is 0. The standard InChI is InChI=1S/C24H20Cl2O5/c1-2-3-14-29-19-9-4-16(5-10-19)23(27)31-22-13-6-17(15-21(22)26)24(28)30-20-11-7-18(25)8-12-20/h4-13,15H,2-3,14H2,1H3. The average Bonchev–Trinajstić information content (AvgIpc) is 2.77. The second-order valence-electron chi connectivity index (χ2n) is 6.60. The van der Waals surface area contributed by atoms with Crippen molar-refractivity contribution in [3.63, 3.8) is 0 Å². The molecule has 0 atom stereocenters. The maximum atomic E-state index is 12.4. The van der Waals surface area contributed by atoms with Crippen LogP contribution in [0.3, 0.4) is 0 Å². The van der Waals surface area contributed by atoms with Gasteiger partial charge in [-0.05, 0) is 73.2 Å². The molecule has 7 heteroatoms. The fourth-order valence-corrected chi connectivity index (χ4v) is 2.90. The Morgan fingerprint density at radius 2 is 1.39 bits per heavy atom. The molecule has 0 fully saturated rings. The van der Waals surface area contributed by atoms with E-state index in [-0.39, 0.29) is 16.3 Å². The predicted molar refractivity (Wildman–Crippen MR) is 120 cm³/mol. The molecule has 0 bridgehead atoms. The summed E-state index contributed by atoms with van der Waals surface area (Å²) < 4.78 is 16.2. The third-order valence-electron chi connectivity index (χ3n) is 4.25. The lowest BCUT2D eigenvalue weighted by Crippen LogP contribution is -2.11. The summed E-state index contributed by atoms with van der Waals surface area (Å²) in [6.07, 6.45) is 2.01. The molecule has 0 heterocycles. The lowest BCUT2D eigenvalue weighted by molar-refractivity contribution is 0.0730. The normalized spacial score (nSPS) is 10.4. The van der Waals surface area contributed by atoms with Gasteiger partial charge in [0, 0.05) is 5.02 Å². The second-order valence-corrected chi connectivity index (χ2v) is 7.45. The molecule has 0 aliphatic carbocycles. The van der Waals surface area contributed by atoms with Crippen LogP contribution in [0.15, 0.2) is 66.7 Å². The molecule has 31 heavy (non-hydrogen) atoms. The number of unbranched alkanes of at least 4 members (excludes halogenated alkanes) is 1. The molecule has 0 aromatic heterocycles. The van der Waals surface area contributed by atoms with Gasteiger partial charge in [-0.15, -0.1) is 0 Å². The molecule has 0 saturated heterocycles. The molecule has 3 aromatic rings. The minimum Gasteiger partial charge on any atom is -0.494 e. The van der Waals surface area contributed by atoms with Crippen molar-refractivity contribution in [1.82, 2.24) is 0 Å². The van der Waals surface area contributed by atoms with Crippen LogP contribution in [0, 0.1) is 0 Å². The largest absolute Gasteiger partial charge is 0.494 e. The van der Waals surface area contributed by atoms with Crippen LogP contribution in [-0.2, 0) is 0 Å². The molecule has 0 spiro atoms. The number of esters is 2. The first-order valence-electron chi connectivity index (χ1n) is 9.68. The van der Waals surface area contributed by atoms with E-state index in [2.05, 4.69) is 6.92 Å². The average molecular weight is 459 g/mol. The molecule has 0 saturated carbocycles. The molecule has 160 valence electrons. The Kier molecular flexibility index (Phi) is 7.93. The number of hydrogen-bond donors (Lipinski definition) is 0. The molecule has 0 radical (unpaired) electrons. The van der Waals surface area contributed by atoms with Crippen LogP contribution in [0.1, 0.15) is 40.5 Å². The predicted octanol–water partition coefficient (Wildman–Crippen LogP) is 6.61. The van der Waals surface area contributed by atoms with Crippen LogP contribution in [0.25, 0.3) is 0 Å². The van der Waals surface area contributed by atoms with Crippen LogP contribution in [0.4, 0.5) is 0 Å². The van der Waals surface area contributed by atoms with E-state index in [0.29, 0.717) is 28.7 Å². The van der Waals surface area contributed by atoms with E-state index in [9.17, 15) is 9.59 Å². The van der Waals surface area contributed by atoms with Crippen molar-refractivity contribution in [3.8, 4) is 17.2 Å². The highest BCUT2D eigenvalue weighted by molar-refractivity contribution is 6.32. The van der Waals surface area contributed by atoms with E-state index < -0.39 is 11.9 Å². The third kappa shape index (κ3) is 6.48. The highest BCUT2D eigenvalue weighted by atomic mass is 35.5. The van der Waals surface area contributed by atoms with E-state index in [1.165, 1.54) is 18.2 Å². The van der Waals surface area contributed by atoms with Crippen molar-refractivity contribution in [2.45, 2.75) is 19.8 Å². The summed E-state index contributed by atoms with van der Waals surface area (Å²) in [6, 6.07) is 17.4. The fraction of sp³-hybridized carbons (Fsp3) is 0.167.